The van der Waals surface area contributed by atoms with Crippen molar-refractivity contribution < 1.29 is 23.9 Å². The second-order valence-electron chi connectivity index (χ2n) is 4.07. The molecule has 2 aromatic rings. The first-order chi connectivity index (χ1) is 10.1. The minimum absolute atomic E-state index is 0.0856. The molecule has 0 spiro atoms. The van der Waals surface area contributed by atoms with Crippen LogP contribution in [0.15, 0.2) is 60.7 Å². The molecule has 2 rings (SSSR count). The van der Waals surface area contributed by atoms with Gasteiger partial charge in [-0.1, -0.05) is 60.7 Å². The molecular weight excluding hydrogens is 272 g/mol. The Hall–Kier alpha value is -3.08. The summed E-state index contributed by atoms with van der Waals surface area (Å²) in [5.74, 6) is -4.72. The second kappa shape index (κ2) is 6.38. The molecule has 0 radical (unpaired) electrons. The van der Waals surface area contributed by atoms with Gasteiger partial charge >= 0.3 is 11.9 Å². The lowest BCUT2D eigenvalue weighted by atomic mass is 10.1. The molecular formula is C16H10O5. The molecule has 0 saturated carbocycles. The lowest BCUT2D eigenvalue weighted by Crippen LogP contribution is -2.26. The molecule has 5 nitrogen and oxygen atoms in total. The van der Waals surface area contributed by atoms with E-state index in [1.165, 1.54) is 24.3 Å². The van der Waals surface area contributed by atoms with Gasteiger partial charge in [-0.3, -0.25) is 9.59 Å². The van der Waals surface area contributed by atoms with Crippen LogP contribution in [0.5, 0.6) is 0 Å². The lowest BCUT2D eigenvalue weighted by molar-refractivity contribution is -0.152. The van der Waals surface area contributed by atoms with Crippen molar-refractivity contribution in [3.05, 3.63) is 71.8 Å². The first-order valence-electron chi connectivity index (χ1n) is 6.05. The predicted octanol–water partition coefficient (Wildman–Crippen LogP) is 1.82. The van der Waals surface area contributed by atoms with Gasteiger partial charge in [0.05, 0.1) is 0 Å². The van der Waals surface area contributed by atoms with Gasteiger partial charge in [0.1, 0.15) is 0 Å². The number of hydrogen-bond acceptors (Lipinski definition) is 5. The molecule has 2 aromatic carbocycles. The number of Topliss-reactive ketones (excluding diaryl/α,β-unsaturated/α-hetero) is 2. The molecule has 0 aliphatic heterocycles. The Balaban J connectivity index is 2.05. The molecule has 0 aliphatic rings. The molecule has 0 aromatic heterocycles. The summed E-state index contributed by atoms with van der Waals surface area (Å²) < 4.78 is 4.31. The zero-order valence-electron chi connectivity index (χ0n) is 10.8. The van der Waals surface area contributed by atoms with Crippen LogP contribution in [0.1, 0.15) is 20.7 Å². The van der Waals surface area contributed by atoms with Crippen LogP contribution in [0.2, 0.25) is 0 Å². The standard InChI is InChI=1S/C16H10O5/c17-13(11-7-3-1-4-8-11)15(19)21-16(20)14(18)12-9-5-2-6-10-12/h1-10H. The highest BCUT2D eigenvalue weighted by Gasteiger charge is 2.25. The highest BCUT2D eigenvalue weighted by atomic mass is 16.6. The lowest BCUT2D eigenvalue weighted by Gasteiger charge is -2.02. The number of carbonyl (C=O) groups is 4. The summed E-state index contributed by atoms with van der Waals surface area (Å²) in [6, 6.07) is 15.3. The maximum absolute atomic E-state index is 11.7. The molecule has 21 heavy (non-hydrogen) atoms. The van der Waals surface area contributed by atoms with Crippen LogP contribution >= 0.6 is 0 Å². The summed E-state index contributed by atoms with van der Waals surface area (Å²) in [4.78, 5) is 46.5. The maximum atomic E-state index is 11.7. The van der Waals surface area contributed by atoms with Gasteiger partial charge in [-0.15, -0.1) is 0 Å². The zero-order chi connectivity index (χ0) is 15.2. The average Bonchev–Trinajstić information content (AvgIpc) is 2.55. The van der Waals surface area contributed by atoms with Gasteiger partial charge in [-0.2, -0.15) is 0 Å². The van der Waals surface area contributed by atoms with E-state index < -0.39 is 23.5 Å². The summed E-state index contributed by atoms with van der Waals surface area (Å²) in [6.45, 7) is 0. The normalized spacial score (nSPS) is 9.71. The monoisotopic (exact) mass is 282 g/mol. The van der Waals surface area contributed by atoms with Crippen LogP contribution < -0.4 is 0 Å². The van der Waals surface area contributed by atoms with Crippen molar-refractivity contribution in [3.63, 3.8) is 0 Å². The fraction of sp³-hybridized carbons (Fsp3) is 0. The molecule has 5 heteroatoms. The molecule has 0 heterocycles. The van der Waals surface area contributed by atoms with Gasteiger partial charge < -0.3 is 4.74 Å². The molecule has 0 atom stereocenters. The van der Waals surface area contributed by atoms with E-state index in [0.29, 0.717) is 0 Å². The average molecular weight is 282 g/mol. The molecule has 0 bridgehead atoms. The summed E-state index contributed by atoms with van der Waals surface area (Å²) in [5, 5.41) is 0. The number of ether oxygens (including phenoxy) is 1. The number of rotatable bonds is 4. The largest absolute Gasteiger partial charge is 0.387 e. The Morgan fingerprint density at radius 1 is 0.571 bits per heavy atom. The van der Waals surface area contributed by atoms with Gasteiger partial charge in [0.25, 0.3) is 11.6 Å². The number of benzene rings is 2. The maximum Gasteiger partial charge on any atom is 0.387 e. The summed E-state index contributed by atoms with van der Waals surface area (Å²) in [6.07, 6.45) is 0. The fourth-order valence-corrected chi connectivity index (χ4v) is 1.59. The Morgan fingerprint density at radius 2 is 0.905 bits per heavy atom. The van der Waals surface area contributed by atoms with Crippen molar-refractivity contribution in [1.82, 2.24) is 0 Å². The van der Waals surface area contributed by atoms with Crippen LogP contribution in [0.4, 0.5) is 0 Å². The van der Waals surface area contributed by atoms with Crippen molar-refractivity contribution in [1.29, 1.82) is 0 Å². The van der Waals surface area contributed by atoms with Crippen molar-refractivity contribution in [2.75, 3.05) is 0 Å². The third-order valence-electron chi connectivity index (χ3n) is 2.63. The smallest absolute Gasteiger partial charge is 0.381 e. The molecule has 0 aliphatic carbocycles. The first kappa shape index (κ1) is 14.3. The summed E-state index contributed by atoms with van der Waals surface area (Å²) in [7, 11) is 0. The number of hydrogen-bond donors (Lipinski definition) is 0. The second-order valence-corrected chi connectivity index (χ2v) is 4.07. The van der Waals surface area contributed by atoms with E-state index in [2.05, 4.69) is 4.74 Å². The quantitative estimate of drug-likeness (QED) is 0.370. The number of ketones is 2. The van der Waals surface area contributed by atoms with E-state index in [1.54, 1.807) is 36.4 Å². The number of carbonyl (C=O) groups excluding carboxylic acids is 4. The van der Waals surface area contributed by atoms with Crippen molar-refractivity contribution >= 4 is 23.5 Å². The van der Waals surface area contributed by atoms with Crippen LogP contribution in [0.25, 0.3) is 0 Å². The third kappa shape index (κ3) is 3.48. The Bertz CT molecular complexity index is 628. The zero-order valence-corrected chi connectivity index (χ0v) is 10.8. The van der Waals surface area contributed by atoms with Crippen LogP contribution in [-0.2, 0) is 14.3 Å². The molecule has 104 valence electrons. The summed E-state index contributed by atoms with van der Waals surface area (Å²) in [5.41, 5.74) is 0.171. The van der Waals surface area contributed by atoms with Crippen LogP contribution in [-0.4, -0.2) is 23.5 Å². The molecule has 0 fully saturated rings. The van der Waals surface area contributed by atoms with Gasteiger partial charge in [-0.05, 0) is 0 Å². The first-order valence-corrected chi connectivity index (χ1v) is 6.05. The van der Waals surface area contributed by atoms with E-state index in [1.807, 2.05) is 0 Å². The minimum Gasteiger partial charge on any atom is -0.381 e. The topological polar surface area (TPSA) is 77.5 Å². The fourth-order valence-electron chi connectivity index (χ4n) is 1.59. The van der Waals surface area contributed by atoms with E-state index >= 15 is 0 Å². The van der Waals surface area contributed by atoms with E-state index in [9.17, 15) is 19.2 Å². The molecule has 0 saturated heterocycles. The van der Waals surface area contributed by atoms with Gasteiger partial charge in [-0.25, -0.2) is 9.59 Å². The van der Waals surface area contributed by atoms with Gasteiger partial charge in [0.15, 0.2) is 0 Å². The van der Waals surface area contributed by atoms with Crippen molar-refractivity contribution in [2.45, 2.75) is 0 Å². The highest BCUT2D eigenvalue weighted by Crippen LogP contribution is 2.04. The van der Waals surface area contributed by atoms with E-state index in [0.717, 1.165) is 0 Å². The molecule has 0 unspecified atom stereocenters. The Labute approximate surface area is 120 Å². The molecule has 0 N–H and O–H groups in total. The third-order valence-corrected chi connectivity index (χ3v) is 2.63. The van der Waals surface area contributed by atoms with Gasteiger partial charge in [0.2, 0.25) is 0 Å². The number of esters is 2. The summed E-state index contributed by atoms with van der Waals surface area (Å²) >= 11 is 0. The van der Waals surface area contributed by atoms with Gasteiger partial charge in [0, 0.05) is 11.1 Å². The molecule has 0 amide bonds. The van der Waals surface area contributed by atoms with E-state index in [-0.39, 0.29) is 11.1 Å². The SMILES string of the molecule is O=C(OC(=O)C(=O)c1ccccc1)C(=O)c1ccccc1. The predicted molar refractivity (Wildman–Crippen MR) is 72.6 cm³/mol. The van der Waals surface area contributed by atoms with E-state index in [4.69, 9.17) is 0 Å². The van der Waals surface area contributed by atoms with Crippen LogP contribution in [0, 0.1) is 0 Å². The minimum atomic E-state index is -1.38. The Morgan fingerprint density at radius 3 is 1.24 bits per heavy atom. The highest BCUT2D eigenvalue weighted by molar-refractivity contribution is 6.48. The van der Waals surface area contributed by atoms with Crippen LogP contribution in [0.3, 0.4) is 0 Å². The van der Waals surface area contributed by atoms with Crippen molar-refractivity contribution in [3.8, 4) is 0 Å². The van der Waals surface area contributed by atoms with Crippen molar-refractivity contribution in [2.24, 2.45) is 0 Å². The Kier molecular flexibility index (Phi) is 4.36.